The molecule has 2 atom stereocenters. The van der Waals surface area contributed by atoms with Crippen molar-refractivity contribution in [2.45, 2.75) is 56.6 Å². The number of ether oxygens (including phenoxy) is 1. The highest BCUT2D eigenvalue weighted by Crippen LogP contribution is 2.34. The second-order valence-electron chi connectivity index (χ2n) is 8.90. The number of nitrogens with one attached hydrogen (secondary N) is 2. The third-order valence-corrected chi connectivity index (χ3v) is 7.33. The average Bonchev–Trinajstić information content (AvgIpc) is 3.05. The van der Waals surface area contributed by atoms with Crippen LogP contribution >= 0.6 is 0 Å². The van der Waals surface area contributed by atoms with Gasteiger partial charge >= 0.3 is 0 Å². The van der Waals surface area contributed by atoms with Gasteiger partial charge in [-0.15, -0.1) is 0 Å². The summed E-state index contributed by atoms with van der Waals surface area (Å²) in [4.78, 5) is 20.6. The van der Waals surface area contributed by atoms with Crippen molar-refractivity contribution < 1.29 is 8.95 Å². The summed E-state index contributed by atoms with van der Waals surface area (Å²) >= 11 is 0. The molecule has 1 fully saturated rings. The number of nitrogens with two attached hydrogens (primary N) is 1. The van der Waals surface area contributed by atoms with Crippen molar-refractivity contribution in [2.75, 3.05) is 18.5 Å². The lowest BCUT2D eigenvalue weighted by molar-refractivity contribution is 0.0876. The topological polar surface area (TPSA) is 113 Å². The lowest BCUT2D eigenvalue weighted by Crippen LogP contribution is -2.38. The van der Waals surface area contributed by atoms with Crippen molar-refractivity contribution in [3.63, 3.8) is 0 Å². The molecular formula is C22H29N5O3S. The van der Waals surface area contributed by atoms with Gasteiger partial charge in [0.25, 0.3) is 5.56 Å². The van der Waals surface area contributed by atoms with E-state index in [0.29, 0.717) is 30.1 Å². The van der Waals surface area contributed by atoms with Gasteiger partial charge in [0.2, 0.25) is 0 Å². The fourth-order valence-corrected chi connectivity index (χ4v) is 5.39. The van der Waals surface area contributed by atoms with Crippen LogP contribution in [0.15, 0.2) is 45.1 Å². The molecule has 166 valence electrons. The summed E-state index contributed by atoms with van der Waals surface area (Å²) in [6, 6.07) is 7.43. The molecule has 1 aromatic carbocycles. The maximum Gasteiger partial charge on any atom is 0.261 e. The van der Waals surface area contributed by atoms with Crippen LogP contribution in [0.4, 0.5) is 11.4 Å². The minimum atomic E-state index is -1.20. The standard InChI is InChI=1S/C22H29N5O3S/c1-22(2,3)27-12-14-11-15(6-7-18(14)31(27)29)26-20(23)19-17(8-9-24-21(19)28)25-16-5-4-10-30-13-16/h6-9,11,16H,4-5,10,12-13H2,1-3H3,(H2,23,26)(H2,24,25,28)/t16-,31?/m1/s1. The molecule has 0 bridgehead atoms. The summed E-state index contributed by atoms with van der Waals surface area (Å²) in [6.07, 6.45) is 3.54. The van der Waals surface area contributed by atoms with Crippen molar-refractivity contribution in [3.05, 3.63) is 51.9 Å². The van der Waals surface area contributed by atoms with E-state index in [1.165, 1.54) is 0 Å². The van der Waals surface area contributed by atoms with E-state index in [1.807, 2.05) is 37.2 Å². The first-order valence-electron chi connectivity index (χ1n) is 10.5. The van der Waals surface area contributed by atoms with Crippen LogP contribution in [-0.4, -0.2) is 44.1 Å². The number of aromatic nitrogens is 1. The number of benzene rings is 1. The first kappa shape index (κ1) is 21.7. The quantitative estimate of drug-likeness (QED) is 0.497. The Kier molecular flexibility index (Phi) is 6.00. The zero-order valence-electron chi connectivity index (χ0n) is 18.1. The number of anilines is 1. The van der Waals surface area contributed by atoms with Gasteiger partial charge in [0.15, 0.2) is 0 Å². The second-order valence-corrected chi connectivity index (χ2v) is 10.3. The average molecular weight is 444 g/mol. The van der Waals surface area contributed by atoms with E-state index in [0.717, 1.165) is 29.9 Å². The van der Waals surface area contributed by atoms with Crippen molar-refractivity contribution in [1.29, 1.82) is 0 Å². The predicted molar refractivity (Wildman–Crippen MR) is 123 cm³/mol. The fraction of sp³-hybridized carbons (Fsp3) is 0.455. The van der Waals surface area contributed by atoms with Gasteiger partial charge in [-0.3, -0.25) is 4.79 Å². The van der Waals surface area contributed by atoms with Crippen LogP contribution in [0.25, 0.3) is 0 Å². The molecule has 1 saturated heterocycles. The Labute approximate surface area is 184 Å². The number of pyridine rings is 1. The molecule has 0 spiro atoms. The van der Waals surface area contributed by atoms with E-state index < -0.39 is 11.0 Å². The summed E-state index contributed by atoms with van der Waals surface area (Å²) in [5.41, 5.74) is 8.31. The van der Waals surface area contributed by atoms with Gasteiger partial charge in [0.1, 0.15) is 22.4 Å². The van der Waals surface area contributed by atoms with Gasteiger partial charge in [0, 0.05) is 30.9 Å². The highest BCUT2D eigenvalue weighted by atomic mass is 32.2. The molecule has 0 radical (unpaired) electrons. The van der Waals surface area contributed by atoms with Crippen LogP contribution in [0.1, 0.15) is 44.7 Å². The third kappa shape index (κ3) is 4.58. The van der Waals surface area contributed by atoms with Crippen LogP contribution in [0, 0.1) is 0 Å². The zero-order chi connectivity index (χ0) is 22.2. The summed E-state index contributed by atoms with van der Waals surface area (Å²) in [6.45, 7) is 8.06. The zero-order valence-corrected chi connectivity index (χ0v) is 18.9. The number of rotatable bonds is 4. The van der Waals surface area contributed by atoms with Gasteiger partial charge in [-0.1, -0.05) is 0 Å². The molecule has 9 heteroatoms. The molecular weight excluding hydrogens is 414 g/mol. The monoisotopic (exact) mass is 443 g/mol. The molecule has 0 aliphatic carbocycles. The maximum atomic E-state index is 12.8. The number of nitrogens with zero attached hydrogens (tertiary/aromatic N) is 2. The number of aromatic amines is 1. The first-order chi connectivity index (χ1) is 14.7. The van der Waals surface area contributed by atoms with Gasteiger partial charge in [-0.25, -0.2) is 13.5 Å². The molecule has 2 aromatic rings. The fourth-order valence-electron chi connectivity index (χ4n) is 3.87. The molecule has 1 unspecified atom stereocenters. The van der Waals surface area contributed by atoms with Crippen molar-refractivity contribution in [2.24, 2.45) is 10.7 Å². The largest absolute Gasteiger partial charge is 0.383 e. The van der Waals surface area contributed by atoms with Crippen LogP contribution < -0.4 is 16.6 Å². The van der Waals surface area contributed by atoms with Crippen LogP contribution in [0.3, 0.4) is 0 Å². The Balaban J connectivity index is 1.63. The smallest absolute Gasteiger partial charge is 0.261 e. The Morgan fingerprint density at radius 3 is 2.87 bits per heavy atom. The predicted octanol–water partition coefficient (Wildman–Crippen LogP) is 2.64. The van der Waals surface area contributed by atoms with E-state index in [-0.39, 0.29) is 23.0 Å². The summed E-state index contributed by atoms with van der Waals surface area (Å²) in [5.74, 6) is 0.132. The molecule has 0 saturated carbocycles. The van der Waals surface area contributed by atoms with E-state index >= 15 is 0 Å². The molecule has 2 aliphatic rings. The van der Waals surface area contributed by atoms with Crippen LogP contribution in [-0.2, 0) is 22.3 Å². The van der Waals surface area contributed by atoms with Gasteiger partial charge < -0.3 is 20.8 Å². The van der Waals surface area contributed by atoms with E-state index in [2.05, 4.69) is 15.3 Å². The minimum Gasteiger partial charge on any atom is -0.383 e. The molecule has 8 nitrogen and oxygen atoms in total. The van der Waals surface area contributed by atoms with Crippen molar-refractivity contribution in [1.82, 2.24) is 9.29 Å². The highest BCUT2D eigenvalue weighted by molar-refractivity contribution is 7.83. The minimum absolute atomic E-state index is 0.125. The van der Waals surface area contributed by atoms with Crippen LogP contribution in [0.2, 0.25) is 0 Å². The first-order valence-corrected chi connectivity index (χ1v) is 11.6. The number of fused-ring (bicyclic) bond motifs is 1. The number of H-pyrrole nitrogens is 1. The number of aliphatic imine (C=N–C) groups is 1. The normalized spacial score (nSPS) is 22.4. The van der Waals surface area contributed by atoms with E-state index in [9.17, 15) is 9.00 Å². The van der Waals surface area contributed by atoms with E-state index in [1.54, 1.807) is 18.3 Å². The Bertz CT molecular complexity index is 1080. The lowest BCUT2D eigenvalue weighted by atomic mass is 10.1. The lowest BCUT2D eigenvalue weighted by Gasteiger charge is -2.29. The molecule has 4 rings (SSSR count). The van der Waals surface area contributed by atoms with E-state index in [4.69, 9.17) is 10.5 Å². The number of hydrogen-bond donors (Lipinski definition) is 3. The SMILES string of the molecule is CC(C)(C)N1Cc2cc(N=C(N)c3c(N[C@@H]4CCCOC4)cc[nH]c3=O)ccc2S1=O. The molecule has 2 aliphatic heterocycles. The summed E-state index contributed by atoms with van der Waals surface area (Å²) in [7, 11) is -1.20. The van der Waals surface area contributed by atoms with Crippen molar-refractivity contribution in [3.8, 4) is 0 Å². The number of amidine groups is 1. The van der Waals surface area contributed by atoms with Gasteiger partial charge in [0.05, 0.1) is 22.9 Å². The molecule has 31 heavy (non-hydrogen) atoms. The van der Waals surface area contributed by atoms with Gasteiger partial charge in [-0.05, 0) is 63.4 Å². The van der Waals surface area contributed by atoms with Crippen molar-refractivity contribution >= 4 is 28.2 Å². The second kappa shape index (κ2) is 8.57. The molecule has 3 heterocycles. The molecule has 4 N–H and O–H groups in total. The summed E-state index contributed by atoms with van der Waals surface area (Å²) < 4.78 is 20.3. The Morgan fingerprint density at radius 2 is 2.16 bits per heavy atom. The number of hydrogen-bond acceptors (Lipinski definition) is 5. The molecule has 1 aromatic heterocycles. The molecule has 0 amide bonds. The van der Waals surface area contributed by atoms with Crippen LogP contribution in [0.5, 0.6) is 0 Å². The highest BCUT2D eigenvalue weighted by Gasteiger charge is 2.34. The Hall–Kier alpha value is -2.49. The maximum absolute atomic E-state index is 12.8. The Morgan fingerprint density at radius 1 is 1.35 bits per heavy atom. The third-order valence-electron chi connectivity index (χ3n) is 5.48. The van der Waals surface area contributed by atoms with Gasteiger partial charge in [-0.2, -0.15) is 0 Å². The summed E-state index contributed by atoms with van der Waals surface area (Å²) in [5, 5.41) is 3.37.